The molecule has 0 aliphatic heterocycles. The molecule has 0 aliphatic carbocycles. The lowest BCUT2D eigenvalue weighted by Crippen LogP contribution is -2.02. The molecule has 0 unspecified atom stereocenters. The molecular weight excluding hydrogens is 207 g/mol. The maximum absolute atomic E-state index is 12.8. The molecule has 2 rings (SSSR count). The van der Waals surface area contributed by atoms with Crippen LogP contribution in [0, 0.1) is 12.7 Å². The number of nitrogens with zero attached hydrogens (tertiary/aromatic N) is 2. The van der Waals surface area contributed by atoms with E-state index in [1.807, 2.05) is 31.2 Å². The minimum atomic E-state index is -0.616. The summed E-state index contributed by atoms with van der Waals surface area (Å²) in [6.45, 7) is 1.98. The number of nitrogens with two attached hydrogens (primary N) is 1. The smallest absolute Gasteiger partial charge is 0.229 e. The summed E-state index contributed by atoms with van der Waals surface area (Å²) in [7, 11) is 0. The number of anilines is 3. The number of rotatable bonds is 2. The Bertz CT molecular complexity index is 513. The number of benzene rings is 1. The number of hydrogen-bond donors (Lipinski definition) is 2. The highest BCUT2D eigenvalue weighted by atomic mass is 19.1. The molecule has 1 aromatic carbocycles. The fourth-order valence-electron chi connectivity index (χ4n) is 1.29. The van der Waals surface area contributed by atoms with Gasteiger partial charge in [-0.15, -0.1) is 0 Å². The number of aromatic nitrogens is 2. The van der Waals surface area contributed by atoms with E-state index in [4.69, 9.17) is 5.73 Å². The average Bonchev–Trinajstić information content (AvgIpc) is 2.24. The van der Waals surface area contributed by atoms with Crippen molar-refractivity contribution in [1.82, 2.24) is 9.97 Å². The van der Waals surface area contributed by atoms with Crippen molar-refractivity contribution in [2.45, 2.75) is 6.92 Å². The van der Waals surface area contributed by atoms with Gasteiger partial charge < -0.3 is 11.1 Å². The summed E-state index contributed by atoms with van der Waals surface area (Å²) in [6.07, 6.45) is 1.04. The largest absolute Gasteiger partial charge is 0.381 e. The molecule has 0 saturated carbocycles. The van der Waals surface area contributed by atoms with Crippen LogP contribution >= 0.6 is 0 Å². The predicted octanol–water partition coefficient (Wildman–Crippen LogP) is 2.25. The van der Waals surface area contributed by atoms with Crippen LogP contribution in [-0.4, -0.2) is 9.97 Å². The van der Waals surface area contributed by atoms with Crippen LogP contribution in [0.5, 0.6) is 0 Å². The molecule has 82 valence electrons. The van der Waals surface area contributed by atoms with Gasteiger partial charge in [0.05, 0.1) is 6.20 Å². The zero-order chi connectivity index (χ0) is 11.5. The van der Waals surface area contributed by atoms with Crippen molar-refractivity contribution in [2.75, 3.05) is 11.1 Å². The second-order valence-corrected chi connectivity index (χ2v) is 3.42. The highest BCUT2D eigenvalue weighted by Gasteiger charge is 2.03. The molecule has 1 heterocycles. The van der Waals surface area contributed by atoms with Crippen molar-refractivity contribution in [3.63, 3.8) is 0 Å². The van der Waals surface area contributed by atoms with E-state index in [9.17, 15) is 4.39 Å². The molecule has 0 saturated heterocycles. The van der Waals surface area contributed by atoms with Gasteiger partial charge in [0.1, 0.15) is 0 Å². The minimum absolute atomic E-state index is 0.162. The predicted molar refractivity (Wildman–Crippen MR) is 60.9 cm³/mol. The second-order valence-electron chi connectivity index (χ2n) is 3.42. The molecule has 0 spiro atoms. The standard InChI is InChI=1S/C11H11FN4/c1-7-3-2-4-8(5-7)15-11-14-6-9(12)10(13)16-11/h2-6H,1H3,(H3,13,14,15,16). The van der Waals surface area contributed by atoms with E-state index in [-0.39, 0.29) is 11.8 Å². The summed E-state index contributed by atoms with van der Waals surface area (Å²) >= 11 is 0. The van der Waals surface area contributed by atoms with Crippen LogP contribution in [0.1, 0.15) is 5.56 Å². The van der Waals surface area contributed by atoms with Crippen molar-refractivity contribution >= 4 is 17.5 Å². The summed E-state index contributed by atoms with van der Waals surface area (Å²) in [5.41, 5.74) is 7.29. The summed E-state index contributed by atoms with van der Waals surface area (Å²) < 4.78 is 12.8. The van der Waals surface area contributed by atoms with Crippen LogP contribution in [0.25, 0.3) is 0 Å². The molecule has 5 heteroatoms. The molecule has 1 aromatic heterocycles. The molecule has 4 nitrogen and oxygen atoms in total. The third-order valence-corrected chi connectivity index (χ3v) is 2.05. The first-order valence-electron chi connectivity index (χ1n) is 4.77. The maximum Gasteiger partial charge on any atom is 0.229 e. The lowest BCUT2D eigenvalue weighted by atomic mass is 10.2. The van der Waals surface area contributed by atoms with Crippen LogP contribution in [0.2, 0.25) is 0 Å². The lowest BCUT2D eigenvalue weighted by Gasteiger charge is -2.05. The number of aryl methyl sites for hydroxylation is 1. The van der Waals surface area contributed by atoms with Gasteiger partial charge >= 0.3 is 0 Å². The van der Waals surface area contributed by atoms with E-state index in [0.29, 0.717) is 0 Å². The Morgan fingerprint density at radius 2 is 2.19 bits per heavy atom. The summed E-state index contributed by atoms with van der Waals surface area (Å²) in [4.78, 5) is 7.57. The second kappa shape index (κ2) is 4.14. The molecule has 0 aliphatic rings. The summed E-state index contributed by atoms with van der Waals surface area (Å²) in [6, 6.07) is 7.69. The zero-order valence-corrected chi connectivity index (χ0v) is 8.74. The molecule has 0 bridgehead atoms. The molecule has 0 atom stereocenters. The minimum Gasteiger partial charge on any atom is -0.381 e. The number of nitrogen functional groups attached to an aromatic ring is 1. The Labute approximate surface area is 92.3 Å². The molecular formula is C11H11FN4. The molecule has 0 fully saturated rings. The topological polar surface area (TPSA) is 63.8 Å². The first-order valence-corrected chi connectivity index (χ1v) is 4.77. The number of halogens is 1. The maximum atomic E-state index is 12.8. The quantitative estimate of drug-likeness (QED) is 0.811. The van der Waals surface area contributed by atoms with Crippen molar-refractivity contribution in [3.05, 3.63) is 41.8 Å². The fourth-order valence-corrected chi connectivity index (χ4v) is 1.29. The van der Waals surface area contributed by atoms with Gasteiger partial charge in [-0.2, -0.15) is 4.98 Å². The molecule has 2 aromatic rings. The van der Waals surface area contributed by atoms with E-state index in [1.165, 1.54) is 0 Å². The summed E-state index contributed by atoms with van der Waals surface area (Å²) in [5.74, 6) is -0.496. The van der Waals surface area contributed by atoms with Crippen LogP contribution in [0.4, 0.5) is 21.8 Å². The Kier molecular flexibility index (Phi) is 2.68. The van der Waals surface area contributed by atoms with Gasteiger partial charge in [0.25, 0.3) is 0 Å². The van der Waals surface area contributed by atoms with E-state index >= 15 is 0 Å². The Morgan fingerprint density at radius 1 is 1.38 bits per heavy atom. The van der Waals surface area contributed by atoms with Crippen LogP contribution in [0.15, 0.2) is 30.5 Å². The third-order valence-electron chi connectivity index (χ3n) is 2.05. The van der Waals surface area contributed by atoms with E-state index < -0.39 is 5.82 Å². The Hall–Kier alpha value is -2.17. The summed E-state index contributed by atoms with van der Waals surface area (Å²) in [5, 5.41) is 2.94. The van der Waals surface area contributed by atoms with Crippen molar-refractivity contribution in [1.29, 1.82) is 0 Å². The van der Waals surface area contributed by atoms with Crippen LogP contribution < -0.4 is 11.1 Å². The molecule has 3 N–H and O–H groups in total. The van der Waals surface area contributed by atoms with Gasteiger partial charge in [0, 0.05) is 5.69 Å². The molecule has 0 amide bonds. The van der Waals surface area contributed by atoms with Crippen molar-refractivity contribution < 1.29 is 4.39 Å². The normalized spacial score (nSPS) is 10.1. The fraction of sp³-hybridized carbons (Fsp3) is 0.0909. The highest BCUT2D eigenvalue weighted by Crippen LogP contribution is 2.15. The zero-order valence-electron chi connectivity index (χ0n) is 8.74. The highest BCUT2D eigenvalue weighted by molar-refractivity contribution is 5.55. The van der Waals surface area contributed by atoms with Gasteiger partial charge in [0.2, 0.25) is 5.95 Å². The van der Waals surface area contributed by atoms with Crippen molar-refractivity contribution in [3.8, 4) is 0 Å². The van der Waals surface area contributed by atoms with Gasteiger partial charge in [-0.3, -0.25) is 0 Å². The number of nitrogens with one attached hydrogen (secondary N) is 1. The number of hydrogen-bond acceptors (Lipinski definition) is 4. The van der Waals surface area contributed by atoms with Gasteiger partial charge in [-0.05, 0) is 24.6 Å². The first kappa shape index (κ1) is 10.4. The third kappa shape index (κ3) is 2.25. The van der Waals surface area contributed by atoms with Gasteiger partial charge in [-0.25, -0.2) is 9.37 Å². The lowest BCUT2D eigenvalue weighted by molar-refractivity contribution is 0.620. The van der Waals surface area contributed by atoms with Crippen LogP contribution in [-0.2, 0) is 0 Å². The van der Waals surface area contributed by atoms with Crippen molar-refractivity contribution in [2.24, 2.45) is 0 Å². The van der Waals surface area contributed by atoms with E-state index in [2.05, 4.69) is 15.3 Å². The van der Waals surface area contributed by atoms with E-state index in [0.717, 1.165) is 17.4 Å². The first-order chi connectivity index (χ1) is 7.65. The van der Waals surface area contributed by atoms with Gasteiger partial charge in [0.15, 0.2) is 11.6 Å². The Morgan fingerprint density at radius 3 is 2.88 bits per heavy atom. The average molecular weight is 218 g/mol. The Balaban J connectivity index is 2.24. The monoisotopic (exact) mass is 218 g/mol. The molecule has 16 heavy (non-hydrogen) atoms. The van der Waals surface area contributed by atoms with Gasteiger partial charge in [-0.1, -0.05) is 12.1 Å². The van der Waals surface area contributed by atoms with E-state index in [1.54, 1.807) is 0 Å². The SMILES string of the molecule is Cc1cccc(Nc2ncc(F)c(N)n2)c1. The van der Waals surface area contributed by atoms with Crippen LogP contribution in [0.3, 0.4) is 0 Å². The molecule has 0 radical (unpaired) electrons.